The highest BCUT2D eigenvalue weighted by atomic mass is 16.5. The summed E-state index contributed by atoms with van der Waals surface area (Å²) in [6.07, 6.45) is 1.45. The SMILES string of the molecule is CCN1CC(C(C)C)Oc2ccc(C(=O)CCCN)cc21. The summed E-state index contributed by atoms with van der Waals surface area (Å²) in [7, 11) is 0. The third kappa shape index (κ3) is 3.56. The van der Waals surface area contributed by atoms with Gasteiger partial charge in [0.25, 0.3) is 0 Å². The maximum absolute atomic E-state index is 12.1. The van der Waals surface area contributed by atoms with Gasteiger partial charge < -0.3 is 15.4 Å². The third-order valence-corrected chi connectivity index (χ3v) is 4.03. The fraction of sp³-hybridized carbons (Fsp3) is 0.588. The van der Waals surface area contributed by atoms with Crippen LogP contribution >= 0.6 is 0 Å². The van der Waals surface area contributed by atoms with E-state index in [4.69, 9.17) is 10.5 Å². The Labute approximate surface area is 127 Å². The van der Waals surface area contributed by atoms with Gasteiger partial charge >= 0.3 is 0 Å². The van der Waals surface area contributed by atoms with Gasteiger partial charge in [-0.05, 0) is 44.0 Å². The molecule has 0 saturated heterocycles. The lowest BCUT2D eigenvalue weighted by molar-refractivity contribution is 0.0980. The van der Waals surface area contributed by atoms with Crippen molar-refractivity contribution in [1.82, 2.24) is 0 Å². The van der Waals surface area contributed by atoms with Crippen LogP contribution in [0.3, 0.4) is 0 Å². The van der Waals surface area contributed by atoms with Gasteiger partial charge in [-0.15, -0.1) is 0 Å². The number of fused-ring (bicyclic) bond motifs is 1. The highest BCUT2D eigenvalue weighted by Crippen LogP contribution is 2.35. The molecule has 1 heterocycles. The van der Waals surface area contributed by atoms with Gasteiger partial charge in [-0.1, -0.05) is 13.8 Å². The molecular weight excluding hydrogens is 264 g/mol. The molecule has 1 aromatic rings. The fourth-order valence-corrected chi connectivity index (χ4v) is 2.61. The van der Waals surface area contributed by atoms with E-state index in [0.29, 0.717) is 18.9 Å². The molecule has 4 heteroatoms. The highest BCUT2D eigenvalue weighted by Gasteiger charge is 2.27. The molecule has 0 saturated carbocycles. The number of nitrogens with zero attached hydrogens (tertiary/aromatic N) is 1. The fourth-order valence-electron chi connectivity index (χ4n) is 2.61. The first-order valence-corrected chi connectivity index (χ1v) is 7.85. The summed E-state index contributed by atoms with van der Waals surface area (Å²) in [6, 6.07) is 5.77. The Balaban J connectivity index is 2.24. The van der Waals surface area contributed by atoms with Crippen molar-refractivity contribution < 1.29 is 9.53 Å². The molecule has 116 valence electrons. The second-order valence-corrected chi connectivity index (χ2v) is 5.94. The van der Waals surface area contributed by atoms with E-state index >= 15 is 0 Å². The van der Waals surface area contributed by atoms with Crippen molar-refractivity contribution in [3.8, 4) is 5.75 Å². The van der Waals surface area contributed by atoms with Crippen LogP contribution in [0.1, 0.15) is 44.0 Å². The first-order chi connectivity index (χ1) is 10.1. The van der Waals surface area contributed by atoms with Crippen LogP contribution in [0.4, 0.5) is 5.69 Å². The molecule has 0 spiro atoms. The average Bonchev–Trinajstić information content (AvgIpc) is 2.50. The van der Waals surface area contributed by atoms with Gasteiger partial charge in [-0.25, -0.2) is 0 Å². The van der Waals surface area contributed by atoms with Crippen LogP contribution < -0.4 is 15.4 Å². The topological polar surface area (TPSA) is 55.6 Å². The second-order valence-electron chi connectivity index (χ2n) is 5.94. The summed E-state index contributed by atoms with van der Waals surface area (Å²) in [6.45, 7) is 8.83. The van der Waals surface area contributed by atoms with Gasteiger partial charge in [0.05, 0.1) is 12.2 Å². The normalized spacial score (nSPS) is 17.6. The number of carbonyl (C=O) groups excluding carboxylic acids is 1. The van der Waals surface area contributed by atoms with Gasteiger partial charge in [0, 0.05) is 18.5 Å². The molecule has 1 aromatic carbocycles. The van der Waals surface area contributed by atoms with E-state index in [0.717, 1.165) is 36.5 Å². The highest BCUT2D eigenvalue weighted by molar-refractivity contribution is 5.97. The van der Waals surface area contributed by atoms with Crippen molar-refractivity contribution in [3.05, 3.63) is 23.8 Å². The van der Waals surface area contributed by atoms with Crippen molar-refractivity contribution in [2.24, 2.45) is 11.7 Å². The van der Waals surface area contributed by atoms with E-state index in [2.05, 4.69) is 25.7 Å². The Hall–Kier alpha value is -1.55. The summed E-state index contributed by atoms with van der Waals surface area (Å²) in [5, 5.41) is 0. The Morgan fingerprint density at radius 2 is 2.24 bits per heavy atom. The zero-order valence-electron chi connectivity index (χ0n) is 13.3. The first-order valence-electron chi connectivity index (χ1n) is 7.85. The van der Waals surface area contributed by atoms with Crippen LogP contribution in [0.25, 0.3) is 0 Å². The number of nitrogens with two attached hydrogens (primary N) is 1. The predicted molar refractivity (Wildman–Crippen MR) is 86.2 cm³/mol. The van der Waals surface area contributed by atoms with E-state index in [-0.39, 0.29) is 11.9 Å². The summed E-state index contributed by atoms with van der Waals surface area (Å²) >= 11 is 0. The molecule has 2 rings (SSSR count). The van der Waals surface area contributed by atoms with Crippen LogP contribution in [-0.2, 0) is 0 Å². The Morgan fingerprint density at radius 1 is 1.48 bits per heavy atom. The van der Waals surface area contributed by atoms with Crippen molar-refractivity contribution in [3.63, 3.8) is 0 Å². The van der Waals surface area contributed by atoms with Gasteiger partial charge in [0.2, 0.25) is 0 Å². The summed E-state index contributed by atoms with van der Waals surface area (Å²) < 4.78 is 6.07. The lowest BCUT2D eigenvalue weighted by Crippen LogP contribution is -2.42. The zero-order chi connectivity index (χ0) is 15.4. The average molecular weight is 290 g/mol. The minimum atomic E-state index is 0.158. The number of hydrogen-bond donors (Lipinski definition) is 1. The van der Waals surface area contributed by atoms with Crippen LogP contribution in [0, 0.1) is 5.92 Å². The number of carbonyl (C=O) groups is 1. The Bertz CT molecular complexity index is 500. The molecule has 1 unspecified atom stereocenters. The number of ether oxygens (including phenoxy) is 1. The predicted octanol–water partition coefficient (Wildman–Crippen LogP) is 2.85. The summed E-state index contributed by atoms with van der Waals surface area (Å²) in [4.78, 5) is 14.4. The van der Waals surface area contributed by atoms with Crippen LogP contribution in [-0.4, -0.2) is 31.5 Å². The van der Waals surface area contributed by atoms with Crippen molar-refractivity contribution in [2.45, 2.75) is 39.7 Å². The van der Waals surface area contributed by atoms with Crippen molar-refractivity contribution in [1.29, 1.82) is 0 Å². The number of anilines is 1. The molecule has 0 aliphatic carbocycles. The van der Waals surface area contributed by atoms with Crippen molar-refractivity contribution in [2.75, 3.05) is 24.5 Å². The standard InChI is InChI=1S/C17H26N2O2/c1-4-19-11-17(12(2)3)21-16-8-7-13(10-14(16)19)15(20)6-5-9-18/h7-8,10,12,17H,4-6,9,11,18H2,1-3H3. The monoisotopic (exact) mass is 290 g/mol. The molecule has 21 heavy (non-hydrogen) atoms. The van der Waals surface area contributed by atoms with Gasteiger partial charge in [-0.2, -0.15) is 0 Å². The molecule has 0 fully saturated rings. The summed E-state index contributed by atoms with van der Waals surface area (Å²) in [5.41, 5.74) is 7.26. The van der Waals surface area contributed by atoms with E-state index < -0.39 is 0 Å². The lowest BCUT2D eigenvalue weighted by Gasteiger charge is -2.37. The molecule has 0 radical (unpaired) electrons. The number of ketones is 1. The Kier molecular flexibility index (Phi) is 5.23. The lowest BCUT2D eigenvalue weighted by atomic mass is 10.0. The van der Waals surface area contributed by atoms with E-state index in [1.54, 1.807) is 0 Å². The van der Waals surface area contributed by atoms with Gasteiger partial charge in [0.15, 0.2) is 5.78 Å². The quantitative estimate of drug-likeness (QED) is 0.819. The largest absolute Gasteiger partial charge is 0.486 e. The second kappa shape index (κ2) is 6.94. The van der Waals surface area contributed by atoms with Crippen molar-refractivity contribution >= 4 is 11.5 Å². The zero-order valence-corrected chi connectivity index (χ0v) is 13.3. The molecule has 1 atom stereocenters. The van der Waals surface area contributed by atoms with Crippen LogP contribution in [0.5, 0.6) is 5.75 Å². The smallest absolute Gasteiger partial charge is 0.163 e. The molecule has 0 aromatic heterocycles. The number of likely N-dealkylation sites (N-methyl/N-ethyl adjacent to an activating group) is 1. The van der Waals surface area contributed by atoms with E-state index in [9.17, 15) is 4.79 Å². The summed E-state index contributed by atoms with van der Waals surface area (Å²) in [5.74, 6) is 1.51. The maximum atomic E-state index is 12.1. The van der Waals surface area contributed by atoms with Crippen LogP contribution in [0.15, 0.2) is 18.2 Å². The van der Waals surface area contributed by atoms with Gasteiger partial charge in [0.1, 0.15) is 11.9 Å². The number of hydrogen-bond acceptors (Lipinski definition) is 4. The van der Waals surface area contributed by atoms with E-state index in [1.165, 1.54) is 0 Å². The molecule has 2 N–H and O–H groups in total. The minimum absolute atomic E-state index is 0.158. The van der Waals surface area contributed by atoms with E-state index in [1.807, 2.05) is 18.2 Å². The molecule has 1 aliphatic heterocycles. The number of rotatable bonds is 6. The molecule has 1 aliphatic rings. The Morgan fingerprint density at radius 3 is 2.86 bits per heavy atom. The molecule has 0 amide bonds. The first kappa shape index (κ1) is 15.8. The maximum Gasteiger partial charge on any atom is 0.163 e. The van der Waals surface area contributed by atoms with Crippen LogP contribution in [0.2, 0.25) is 0 Å². The number of Topliss-reactive ketones (excluding diaryl/α,β-unsaturated/α-hetero) is 1. The van der Waals surface area contributed by atoms with Gasteiger partial charge in [-0.3, -0.25) is 4.79 Å². The third-order valence-electron chi connectivity index (χ3n) is 4.03. The minimum Gasteiger partial charge on any atom is -0.486 e. The number of benzene rings is 1. The molecule has 4 nitrogen and oxygen atoms in total. The molecule has 0 bridgehead atoms. The molecular formula is C17H26N2O2.